The topological polar surface area (TPSA) is 75.0 Å². The Morgan fingerprint density at radius 1 is 1.31 bits per heavy atom. The molecule has 0 fully saturated rings. The Labute approximate surface area is 155 Å². The van der Waals surface area contributed by atoms with Gasteiger partial charge in [-0.3, -0.25) is 9.69 Å². The SMILES string of the molecule is CSc1nc2c(c(=O)[nH]1)CN(Cc1c(-c3ccccc3)noc1C)CC2. The molecule has 7 heteroatoms. The second-order valence-corrected chi connectivity index (χ2v) is 7.19. The van der Waals surface area contributed by atoms with Gasteiger partial charge in [0.2, 0.25) is 0 Å². The van der Waals surface area contributed by atoms with Crippen molar-refractivity contribution in [1.82, 2.24) is 20.0 Å². The molecule has 0 unspecified atom stereocenters. The average molecular weight is 368 g/mol. The van der Waals surface area contributed by atoms with Gasteiger partial charge in [-0.1, -0.05) is 47.3 Å². The third-order valence-corrected chi connectivity index (χ3v) is 5.31. The van der Waals surface area contributed by atoms with Crippen molar-refractivity contribution in [2.75, 3.05) is 12.8 Å². The fourth-order valence-corrected chi connectivity index (χ4v) is 3.71. The highest BCUT2D eigenvalue weighted by Gasteiger charge is 2.24. The summed E-state index contributed by atoms with van der Waals surface area (Å²) in [5, 5.41) is 4.94. The molecule has 1 aliphatic rings. The van der Waals surface area contributed by atoms with Crippen LogP contribution in [-0.4, -0.2) is 32.8 Å². The predicted octanol–water partition coefficient (Wildman–Crippen LogP) is 3.01. The van der Waals surface area contributed by atoms with Crippen molar-refractivity contribution in [3.8, 4) is 11.3 Å². The number of rotatable bonds is 4. The van der Waals surface area contributed by atoms with Gasteiger partial charge in [-0.2, -0.15) is 0 Å². The number of aromatic nitrogens is 3. The van der Waals surface area contributed by atoms with E-state index in [9.17, 15) is 4.79 Å². The summed E-state index contributed by atoms with van der Waals surface area (Å²) in [4.78, 5) is 22.0. The van der Waals surface area contributed by atoms with Crippen molar-refractivity contribution in [2.45, 2.75) is 31.6 Å². The maximum atomic E-state index is 12.4. The minimum atomic E-state index is -0.0330. The lowest BCUT2D eigenvalue weighted by atomic mass is 10.0. The number of fused-ring (bicyclic) bond motifs is 1. The molecule has 0 amide bonds. The van der Waals surface area contributed by atoms with E-state index in [1.165, 1.54) is 11.8 Å². The van der Waals surface area contributed by atoms with Crippen molar-refractivity contribution in [3.63, 3.8) is 0 Å². The van der Waals surface area contributed by atoms with Gasteiger partial charge >= 0.3 is 0 Å². The molecule has 1 aliphatic heterocycles. The fraction of sp³-hybridized carbons (Fsp3) is 0.316. The van der Waals surface area contributed by atoms with Crippen LogP contribution >= 0.6 is 11.8 Å². The average Bonchev–Trinajstić information content (AvgIpc) is 3.03. The smallest absolute Gasteiger partial charge is 0.256 e. The van der Waals surface area contributed by atoms with Crippen molar-refractivity contribution < 1.29 is 4.52 Å². The number of aromatic amines is 1. The van der Waals surface area contributed by atoms with Crippen LogP contribution in [0.2, 0.25) is 0 Å². The zero-order chi connectivity index (χ0) is 18.1. The van der Waals surface area contributed by atoms with E-state index in [2.05, 4.69) is 20.0 Å². The standard InChI is InChI=1S/C19H20N4O2S/c1-12-14(17(22-25-12)13-6-4-3-5-7-13)10-23-9-8-16-15(11-23)18(24)21-19(20-16)26-2/h3-7H,8-11H2,1-2H3,(H,20,21,24). The number of thioether (sulfide) groups is 1. The van der Waals surface area contributed by atoms with Crippen LogP contribution in [0, 0.1) is 6.92 Å². The van der Waals surface area contributed by atoms with Crippen LogP contribution in [0.5, 0.6) is 0 Å². The summed E-state index contributed by atoms with van der Waals surface area (Å²) >= 11 is 1.46. The lowest BCUT2D eigenvalue weighted by Crippen LogP contribution is -2.35. The lowest BCUT2D eigenvalue weighted by Gasteiger charge is -2.27. The van der Waals surface area contributed by atoms with Crippen molar-refractivity contribution >= 4 is 11.8 Å². The molecule has 0 aliphatic carbocycles. The highest BCUT2D eigenvalue weighted by atomic mass is 32.2. The summed E-state index contributed by atoms with van der Waals surface area (Å²) < 4.78 is 5.46. The second-order valence-electron chi connectivity index (χ2n) is 6.39. The molecule has 0 atom stereocenters. The first-order chi connectivity index (χ1) is 12.7. The molecule has 0 spiro atoms. The molecule has 4 rings (SSSR count). The first-order valence-corrected chi connectivity index (χ1v) is 9.77. The van der Waals surface area contributed by atoms with Gasteiger partial charge in [0.05, 0.1) is 11.3 Å². The molecule has 0 radical (unpaired) electrons. The van der Waals surface area contributed by atoms with Gasteiger partial charge in [0, 0.05) is 37.2 Å². The number of aryl methyl sites for hydroxylation is 1. The Morgan fingerprint density at radius 2 is 2.12 bits per heavy atom. The van der Waals surface area contributed by atoms with Crippen LogP contribution in [0.3, 0.4) is 0 Å². The Hall–Kier alpha value is -2.38. The van der Waals surface area contributed by atoms with Crippen LogP contribution in [0.25, 0.3) is 11.3 Å². The molecule has 1 aromatic carbocycles. The van der Waals surface area contributed by atoms with Crippen LogP contribution in [0.1, 0.15) is 22.6 Å². The summed E-state index contributed by atoms with van der Waals surface area (Å²) in [5.74, 6) is 0.819. The van der Waals surface area contributed by atoms with Gasteiger partial charge in [-0.05, 0) is 13.2 Å². The van der Waals surface area contributed by atoms with E-state index < -0.39 is 0 Å². The van der Waals surface area contributed by atoms with E-state index in [0.717, 1.165) is 46.8 Å². The van der Waals surface area contributed by atoms with Crippen molar-refractivity contribution in [1.29, 1.82) is 0 Å². The number of benzene rings is 1. The van der Waals surface area contributed by atoms with E-state index in [0.29, 0.717) is 18.2 Å². The first kappa shape index (κ1) is 17.1. The first-order valence-electron chi connectivity index (χ1n) is 8.54. The number of hydrogen-bond donors (Lipinski definition) is 1. The highest BCUT2D eigenvalue weighted by Crippen LogP contribution is 2.27. The van der Waals surface area contributed by atoms with Gasteiger partial charge in [-0.15, -0.1) is 0 Å². The molecule has 6 nitrogen and oxygen atoms in total. The normalized spacial score (nSPS) is 14.4. The number of nitrogens with zero attached hydrogens (tertiary/aromatic N) is 3. The number of hydrogen-bond acceptors (Lipinski definition) is 6. The van der Waals surface area contributed by atoms with Gasteiger partial charge < -0.3 is 9.51 Å². The van der Waals surface area contributed by atoms with Gasteiger partial charge in [0.15, 0.2) is 5.16 Å². The maximum Gasteiger partial charge on any atom is 0.256 e. The fourth-order valence-electron chi connectivity index (χ4n) is 3.31. The largest absolute Gasteiger partial charge is 0.361 e. The predicted molar refractivity (Wildman–Crippen MR) is 101 cm³/mol. The Balaban J connectivity index is 1.60. The van der Waals surface area contributed by atoms with E-state index in [-0.39, 0.29) is 5.56 Å². The molecule has 0 bridgehead atoms. The van der Waals surface area contributed by atoms with Crippen LogP contribution in [0.4, 0.5) is 0 Å². The van der Waals surface area contributed by atoms with Crippen LogP contribution in [0.15, 0.2) is 44.8 Å². The molecule has 0 saturated heterocycles. The zero-order valence-corrected chi connectivity index (χ0v) is 15.6. The quantitative estimate of drug-likeness (QED) is 0.564. The molecule has 134 valence electrons. The Kier molecular flexibility index (Phi) is 4.65. The van der Waals surface area contributed by atoms with E-state index in [4.69, 9.17) is 4.52 Å². The van der Waals surface area contributed by atoms with Gasteiger partial charge in [0.1, 0.15) is 11.5 Å². The molecule has 2 aromatic heterocycles. The zero-order valence-electron chi connectivity index (χ0n) is 14.8. The molecule has 0 saturated carbocycles. The third kappa shape index (κ3) is 3.20. The van der Waals surface area contributed by atoms with Crippen LogP contribution in [-0.2, 0) is 19.5 Å². The van der Waals surface area contributed by atoms with Crippen molar-refractivity contribution in [2.24, 2.45) is 0 Å². The lowest BCUT2D eigenvalue weighted by molar-refractivity contribution is 0.239. The second kappa shape index (κ2) is 7.09. The van der Waals surface area contributed by atoms with E-state index >= 15 is 0 Å². The Morgan fingerprint density at radius 3 is 2.88 bits per heavy atom. The van der Waals surface area contributed by atoms with E-state index in [1.807, 2.05) is 43.5 Å². The molecule has 3 aromatic rings. The molecular weight excluding hydrogens is 348 g/mol. The van der Waals surface area contributed by atoms with Gasteiger partial charge in [0.25, 0.3) is 5.56 Å². The third-order valence-electron chi connectivity index (χ3n) is 4.73. The molecule has 1 N–H and O–H groups in total. The molecular formula is C19H20N4O2S. The number of nitrogens with one attached hydrogen (secondary N) is 1. The maximum absolute atomic E-state index is 12.4. The van der Waals surface area contributed by atoms with E-state index in [1.54, 1.807) is 0 Å². The monoisotopic (exact) mass is 368 g/mol. The highest BCUT2D eigenvalue weighted by molar-refractivity contribution is 7.98. The van der Waals surface area contributed by atoms with Crippen molar-refractivity contribution in [3.05, 3.63) is 63.3 Å². The minimum absolute atomic E-state index is 0.0330. The minimum Gasteiger partial charge on any atom is -0.361 e. The summed E-state index contributed by atoms with van der Waals surface area (Å²) in [6.07, 6.45) is 2.69. The summed E-state index contributed by atoms with van der Waals surface area (Å²) in [6.45, 7) is 4.08. The summed E-state index contributed by atoms with van der Waals surface area (Å²) in [6, 6.07) is 10.0. The molecule has 26 heavy (non-hydrogen) atoms. The number of H-pyrrole nitrogens is 1. The van der Waals surface area contributed by atoms with Crippen LogP contribution < -0.4 is 5.56 Å². The molecule has 3 heterocycles. The van der Waals surface area contributed by atoms with Gasteiger partial charge in [-0.25, -0.2) is 4.98 Å². The summed E-state index contributed by atoms with van der Waals surface area (Å²) in [7, 11) is 0. The Bertz CT molecular complexity index is 981. The summed E-state index contributed by atoms with van der Waals surface area (Å²) in [5.41, 5.74) is 4.64.